The molecule has 0 aromatic carbocycles. The molecular formula is C15H25Cl2N5O2. The number of piperidine rings is 1. The SMILES string of the molecule is Cl.Cl.Nc1ccc(N2CCC[C@@H](C(=O)N3CCOCC3)C2)nc1N. The molecule has 1 aromatic heterocycles. The van der Waals surface area contributed by atoms with Crippen molar-refractivity contribution in [3.05, 3.63) is 12.1 Å². The molecule has 3 heterocycles. The molecule has 2 aliphatic heterocycles. The van der Waals surface area contributed by atoms with Crippen molar-refractivity contribution in [1.29, 1.82) is 0 Å². The first-order valence-electron chi connectivity index (χ1n) is 7.78. The molecule has 136 valence electrons. The summed E-state index contributed by atoms with van der Waals surface area (Å²) >= 11 is 0. The number of rotatable bonds is 2. The van der Waals surface area contributed by atoms with Crippen LogP contribution in [0.1, 0.15) is 12.8 Å². The van der Waals surface area contributed by atoms with E-state index in [1.54, 1.807) is 6.07 Å². The smallest absolute Gasteiger partial charge is 0.227 e. The molecule has 7 nitrogen and oxygen atoms in total. The van der Waals surface area contributed by atoms with E-state index in [2.05, 4.69) is 9.88 Å². The quantitative estimate of drug-likeness (QED) is 0.802. The number of hydrogen-bond donors (Lipinski definition) is 2. The second-order valence-electron chi connectivity index (χ2n) is 5.87. The maximum Gasteiger partial charge on any atom is 0.227 e. The number of nitrogens with two attached hydrogens (primary N) is 2. The van der Waals surface area contributed by atoms with Crippen LogP contribution >= 0.6 is 24.8 Å². The summed E-state index contributed by atoms with van der Waals surface area (Å²) < 4.78 is 5.31. The first kappa shape index (κ1) is 20.6. The van der Waals surface area contributed by atoms with E-state index in [0.717, 1.165) is 25.2 Å². The molecule has 4 N–H and O–H groups in total. The summed E-state index contributed by atoms with van der Waals surface area (Å²) in [5.41, 5.74) is 12.0. The third-order valence-corrected chi connectivity index (χ3v) is 4.36. The summed E-state index contributed by atoms with van der Waals surface area (Å²) in [4.78, 5) is 21.0. The van der Waals surface area contributed by atoms with Crippen LogP contribution in [0, 0.1) is 5.92 Å². The molecule has 2 saturated heterocycles. The Morgan fingerprint density at radius 3 is 2.54 bits per heavy atom. The van der Waals surface area contributed by atoms with Crippen LogP contribution in [0.4, 0.5) is 17.3 Å². The highest BCUT2D eigenvalue weighted by molar-refractivity contribution is 5.85. The Labute approximate surface area is 154 Å². The van der Waals surface area contributed by atoms with Gasteiger partial charge >= 0.3 is 0 Å². The summed E-state index contributed by atoms with van der Waals surface area (Å²) in [6.45, 7) is 4.25. The van der Waals surface area contributed by atoms with Gasteiger partial charge in [-0.3, -0.25) is 4.79 Å². The van der Waals surface area contributed by atoms with Gasteiger partial charge in [0.2, 0.25) is 5.91 Å². The Hall–Kier alpha value is -1.44. The largest absolute Gasteiger partial charge is 0.396 e. The lowest BCUT2D eigenvalue weighted by molar-refractivity contribution is -0.139. The normalized spacial score (nSPS) is 20.8. The Bertz CT molecular complexity index is 555. The van der Waals surface area contributed by atoms with Gasteiger partial charge in [-0.2, -0.15) is 0 Å². The van der Waals surface area contributed by atoms with Gasteiger partial charge in [0.15, 0.2) is 0 Å². The van der Waals surface area contributed by atoms with E-state index in [0.29, 0.717) is 44.4 Å². The molecule has 0 bridgehead atoms. The molecule has 0 unspecified atom stereocenters. The third kappa shape index (κ3) is 4.55. The van der Waals surface area contributed by atoms with Crippen LogP contribution in [0.5, 0.6) is 0 Å². The van der Waals surface area contributed by atoms with Crippen LogP contribution in [-0.4, -0.2) is 55.2 Å². The molecule has 3 rings (SSSR count). The molecule has 2 aliphatic rings. The highest BCUT2D eigenvalue weighted by Crippen LogP contribution is 2.25. The molecule has 9 heteroatoms. The van der Waals surface area contributed by atoms with E-state index in [1.807, 2.05) is 11.0 Å². The number of carbonyl (C=O) groups excluding carboxylic acids is 1. The van der Waals surface area contributed by atoms with E-state index >= 15 is 0 Å². The topological polar surface area (TPSA) is 97.7 Å². The molecule has 1 atom stereocenters. The molecule has 0 radical (unpaired) electrons. The number of hydrogen-bond acceptors (Lipinski definition) is 6. The number of nitrogen functional groups attached to an aromatic ring is 2. The number of morpholine rings is 1. The summed E-state index contributed by atoms with van der Waals surface area (Å²) in [7, 11) is 0. The summed E-state index contributed by atoms with van der Waals surface area (Å²) in [6.07, 6.45) is 1.91. The Balaban J connectivity index is 0.00000144. The minimum atomic E-state index is 0. The average Bonchev–Trinajstić information content (AvgIpc) is 2.57. The fourth-order valence-electron chi connectivity index (χ4n) is 3.08. The van der Waals surface area contributed by atoms with Gasteiger partial charge in [0.25, 0.3) is 0 Å². The van der Waals surface area contributed by atoms with Crippen LogP contribution in [-0.2, 0) is 9.53 Å². The van der Waals surface area contributed by atoms with Crippen molar-refractivity contribution in [3.63, 3.8) is 0 Å². The second kappa shape index (κ2) is 9.15. The lowest BCUT2D eigenvalue weighted by atomic mass is 9.96. The van der Waals surface area contributed by atoms with E-state index in [4.69, 9.17) is 16.2 Å². The standard InChI is InChI=1S/C15H23N5O2.2ClH/c16-12-3-4-13(18-14(12)17)20-5-1-2-11(10-20)15(21)19-6-8-22-9-7-19;;/h3-4,11H,1-2,5-10,16H2,(H2,17,18);2*1H/t11-;;/m1../s1. The molecule has 24 heavy (non-hydrogen) atoms. The van der Waals surface area contributed by atoms with Gasteiger partial charge < -0.3 is 26.0 Å². The van der Waals surface area contributed by atoms with Gasteiger partial charge in [0.1, 0.15) is 11.6 Å². The highest BCUT2D eigenvalue weighted by atomic mass is 35.5. The summed E-state index contributed by atoms with van der Waals surface area (Å²) in [6, 6.07) is 3.64. The van der Waals surface area contributed by atoms with Gasteiger partial charge in [0.05, 0.1) is 24.8 Å². The van der Waals surface area contributed by atoms with Crippen molar-refractivity contribution in [2.45, 2.75) is 12.8 Å². The van der Waals surface area contributed by atoms with E-state index in [9.17, 15) is 4.79 Å². The van der Waals surface area contributed by atoms with Crippen LogP contribution in [0.15, 0.2) is 12.1 Å². The fraction of sp³-hybridized carbons (Fsp3) is 0.600. The molecule has 1 aromatic rings. The van der Waals surface area contributed by atoms with E-state index in [1.165, 1.54) is 0 Å². The van der Waals surface area contributed by atoms with Crippen LogP contribution in [0.3, 0.4) is 0 Å². The summed E-state index contributed by atoms with van der Waals surface area (Å²) in [5.74, 6) is 1.40. The lowest BCUT2D eigenvalue weighted by Gasteiger charge is -2.36. The number of pyridine rings is 1. The van der Waals surface area contributed by atoms with Crippen molar-refractivity contribution in [3.8, 4) is 0 Å². The van der Waals surface area contributed by atoms with Gasteiger partial charge in [-0.1, -0.05) is 0 Å². The number of nitrogens with zero attached hydrogens (tertiary/aromatic N) is 3. The number of carbonyl (C=O) groups is 1. The van der Waals surface area contributed by atoms with Crippen molar-refractivity contribution >= 4 is 48.0 Å². The third-order valence-electron chi connectivity index (χ3n) is 4.36. The van der Waals surface area contributed by atoms with E-state index < -0.39 is 0 Å². The lowest BCUT2D eigenvalue weighted by Crippen LogP contribution is -2.48. The zero-order valence-corrected chi connectivity index (χ0v) is 15.2. The molecule has 1 amide bonds. The number of amides is 1. The van der Waals surface area contributed by atoms with Crippen LogP contribution in [0.25, 0.3) is 0 Å². The van der Waals surface area contributed by atoms with Gasteiger partial charge in [-0.05, 0) is 25.0 Å². The predicted molar refractivity (Wildman–Crippen MR) is 99.9 cm³/mol. The second-order valence-corrected chi connectivity index (χ2v) is 5.87. The Kier molecular flexibility index (Phi) is 7.86. The molecule has 2 fully saturated rings. The highest BCUT2D eigenvalue weighted by Gasteiger charge is 2.30. The monoisotopic (exact) mass is 377 g/mol. The first-order valence-corrected chi connectivity index (χ1v) is 7.78. The Morgan fingerprint density at radius 1 is 1.17 bits per heavy atom. The maximum absolute atomic E-state index is 12.6. The Morgan fingerprint density at radius 2 is 1.88 bits per heavy atom. The molecule has 0 aliphatic carbocycles. The number of anilines is 3. The molecular weight excluding hydrogens is 353 g/mol. The maximum atomic E-state index is 12.6. The first-order chi connectivity index (χ1) is 10.6. The fourth-order valence-corrected chi connectivity index (χ4v) is 3.08. The van der Waals surface area contributed by atoms with Crippen molar-refractivity contribution in [2.24, 2.45) is 5.92 Å². The molecule has 0 saturated carbocycles. The van der Waals surface area contributed by atoms with Gasteiger partial charge in [0, 0.05) is 26.2 Å². The van der Waals surface area contributed by atoms with Gasteiger partial charge in [-0.25, -0.2) is 4.98 Å². The zero-order chi connectivity index (χ0) is 15.5. The van der Waals surface area contributed by atoms with Crippen molar-refractivity contribution in [1.82, 2.24) is 9.88 Å². The van der Waals surface area contributed by atoms with Crippen LogP contribution < -0.4 is 16.4 Å². The van der Waals surface area contributed by atoms with Crippen molar-refractivity contribution in [2.75, 3.05) is 55.8 Å². The number of halogens is 2. The number of ether oxygens (including phenoxy) is 1. The molecule has 0 spiro atoms. The van der Waals surface area contributed by atoms with Crippen molar-refractivity contribution < 1.29 is 9.53 Å². The van der Waals surface area contributed by atoms with Crippen LogP contribution in [0.2, 0.25) is 0 Å². The minimum Gasteiger partial charge on any atom is -0.396 e. The van der Waals surface area contributed by atoms with Gasteiger partial charge in [-0.15, -0.1) is 24.8 Å². The summed E-state index contributed by atoms with van der Waals surface area (Å²) in [5, 5.41) is 0. The zero-order valence-electron chi connectivity index (χ0n) is 13.5. The van der Waals surface area contributed by atoms with E-state index in [-0.39, 0.29) is 36.6 Å². The minimum absolute atomic E-state index is 0. The predicted octanol–water partition coefficient (Wildman–Crippen LogP) is 1.16. The average molecular weight is 378 g/mol. The number of aromatic nitrogens is 1.